The van der Waals surface area contributed by atoms with Crippen molar-refractivity contribution in [2.24, 2.45) is 0 Å². The topological polar surface area (TPSA) is 138 Å². The van der Waals surface area contributed by atoms with Crippen LogP contribution in [0, 0.1) is 11.3 Å². The van der Waals surface area contributed by atoms with Gasteiger partial charge in [-0.05, 0) is 122 Å². The molecule has 0 aliphatic carbocycles. The van der Waals surface area contributed by atoms with Crippen molar-refractivity contribution in [3.63, 3.8) is 0 Å². The van der Waals surface area contributed by atoms with Crippen molar-refractivity contribution in [1.29, 1.82) is 5.26 Å². The fourth-order valence-electron chi connectivity index (χ4n) is 5.73. The minimum Gasteiger partial charge on any atom is -0.494 e. The van der Waals surface area contributed by atoms with Crippen LogP contribution in [0.5, 0.6) is 28.7 Å². The van der Waals surface area contributed by atoms with E-state index in [1.165, 1.54) is 142 Å². The molecule has 0 aromatic heterocycles. The van der Waals surface area contributed by atoms with E-state index in [0.717, 1.165) is 12.8 Å². The highest BCUT2D eigenvalue weighted by Gasteiger charge is 2.16. The summed E-state index contributed by atoms with van der Waals surface area (Å²) < 4.78 is 27.6. The van der Waals surface area contributed by atoms with Gasteiger partial charge in [-0.15, -0.1) is 0 Å². The van der Waals surface area contributed by atoms with Gasteiger partial charge in [0.2, 0.25) is 0 Å². The number of ether oxygens (including phenoxy) is 5. The number of nitriles is 1. The number of hydrogen-bond acceptors (Lipinski definition) is 10. The van der Waals surface area contributed by atoms with Gasteiger partial charge in [-0.25, -0.2) is 19.2 Å². The van der Waals surface area contributed by atoms with Gasteiger partial charge in [0.25, 0.3) is 0 Å². The second kappa shape index (κ2) is 22.0. The lowest BCUT2D eigenvalue weighted by molar-refractivity contribution is 0.0712. The molecule has 0 atom stereocenters. The average Bonchev–Trinajstić information content (AvgIpc) is 3.24. The van der Waals surface area contributed by atoms with Crippen LogP contribution in [0.4, 0.5) is 0 Å². The van der Waals surface area contributed by atoms with Crippen LogP contribution in [0.25, 0.3) is 0 Å². The van der Waals surface area contributed by atoms with Crippen molar-refractivity contribution in [2.75, 3.05) is 6.61 Å². The smallest absolute Gasteiger partial charge is 0.343 e. The second-order valence-electron chi connectivity index (χ2n) is 13.3. The van der Waals surface area contributed by atoms with Crippen LogP contribution in [-0.4, -0.2) is 30.5 Å². The molecule has 0 fully saturated rings. The van der Waals surface area contributed by atoms with Gasteiger partial charge in [-0.2, -0.15) is 5.26 Å². The first-order valence-corrected chi connectivity index (χ1v) is 19.2. The maximum Gasteiger partial charge on any atom is 0.343 e. The Morgan fingerprint density at radius 3 is 1.28 bits per heavy atom. The van der Waals surface area contributed by atoms with Crippen molar-refractivity contribution >= 4 is 23.9 Å². The Kier molecular flexibility index (Phi) is 16.0. The first-order valence-electron chi connectivity index (χ1n) is 19.2. The maximum atomic E-state index is 12.9. The van der Waals surface area contributed by atoms with Crippen LogP contribution in [0.2, 0.25) is 0 Å². The van der Waals surface area contributed by atoms with Crippen LogP contribution < -0.4 is 23.7 Å². The summed E-state index contributed by atoms with van der Waals surface area (Å²) in [5, 5.41) is 8.91. The molecule has 0 N–H and O–H groups in total. The van der Waals surface area contributed by atoms with Crippen LogP contribution >= 0.6 is 0 Å². The lowest BCUT2D eigenvalue weighted by Gasteiger charge is -2.09. The molecule has 5 aromatic carbocycles. The highest BCUT2D eigenvalue weighted by Crippen LogP contribution is 2.22. The van der Waals surface area contributed by atoms with E-state index in [1.54, 1.807) is 30.3 Å². The first kappa shape index (κ1) is 41.4. The standard InChI is InChI=1S/C47H45NO9/c1-2-3-4-5-6-7-8-9-10-11-31-53-39-25-17-35(18-26-39)44(49)55-41-27-21-37(22-28-41)46(51)57-43-14-12-13-38(32-43)47(52)56-42-29-19-36(20-30-42)45(50)54-40-23-15-34(33-48)16-24-40/h12-30,32H,2-11,31H2,1H3. The Morgan fingerprint density at radius 2 is 0.825 bits per heavy atom. The van der Waals surface area contributed by atoms with Crippen molar-refractivity contribution in [3.05, 3.63) is 149 Å². The molecule has 5 aromatic rings. The Labute approximate surface area is 332 Å². The molecule has 0 radical (unpaired) electrons. The molecule has 0 spiro atoms. The molecular weight excluding hydrogens is 723 g/mol. The molecule has 0 bridgehead atoms. The summed E-state index contributed by atoms with van der Waals surface area (Å²) in [5.74, 6) is -1.04. The van der Waals surface area contributed by atoms with E-state index in [9.17, 15) is 19.2 Å². The largest absolute Gasteiger partial charge is 0.494 e. The van der Waals surface area contributed by atoms with Crippen LogP contribution in [0.3, 0.4) is 0 Å². The number of carbonyl (C=O) groups is 4. The van der Waals surface area contributed by atoms with E-state index < -0.39 is 23.9 Å². The van der Waals surface area contributed by atoms with Gasteiger partial charge in [-0.3, -0.25) is 0 Å². The molecule has 0 heterocycles. The molecule has 0 amide bonds. The zero-order valence-corrected chi connectivity index (χ0v) is 31.9. The average molecular weight is 768 g/mol. The third-order valence-corrected chi connectivity index (χ3v) is 8.93. The Bertz CT molecular complexity index is 2120. The zero-order valence-electron chi connectivity index (χ0n) is 31.9. The van der Waals surface area contributed by atoms with Crippen LogP contribution in [-0.2, 0) is 0 Å². The minimum absolute atomic E-state index is 0.113. The van der Waals surface area contributed by atoms with E-state index >= 15 is 0 Å². The van der Waals surface area contributed by atoms with Crippen molar-refractivity contribution in [3.8, 4) is 34.8 Å². The fourth-order valence-corrected chi connectivity index (χ4v) is 5.73. The van der Waals surface area contributed by atoms with Gasteiger partial charge in [-0.1, -0.05) is 70.8 Å². The molecule has 10 heteroatoms. The zero-order chi connectivity index (χ0) is 40.2. The SMILES string of the molecule is CCCCCCCCCCCCOc1ccc(C(=O)Oc2ccc(C(=O)Oc3cccc(C(=O)Oc4ccc(C(=O)Oc5ccc(C#N)cc5)cc4)c3)cc2)cc1. The summed E-state index contributed by atoms with van der Waals surface area (Å²) in [6, 6.07) is 32.6. The number of esters is 4. The van der Waals surface area contributed by atoms with E-state index in [4.69, 9.17) is 28.9 Å². The lowest BCUT2D eigenvalue weighted by atomic mass is 10.1. The predicted molar refractivity (Wildman–Crippen MR) is 214 cm³/mol. The summed E-state index contributed by atoms with van der Waals surface area (Å²) in [4.78, 5) is 51.0. The molecular formula is C47H45NO9. The van der Waals surface area contributed by atoms with Gasteiger partial charge >= 0.3 is 23.9 Å². The van der Waals surface area contributed by atoms with Crippen molar-refractivity contribution in [2.45, 2.75) is 71.1 Å². The Hall–Kier alpha value is -6.73. The van der Waals surface area contributed by atoms with Crippen LogP contribution in [0.1, 0.15) is 118 Å². The summed E-state index contributed by atoms with van der Waals surface area (Å²) in [7, 11) is 0. The molecule has 5 rings (SSSR count). The van der Waals surface area contributed by atoms with Gasteiger partial charge in [0.15, 0.2) is 0 Å². The van der Waals surface area contributed by atoms with E-state index in [2.05, 4.69) is 6.92 Å². The molecule has 0 saturated heterocycles. The van der Waals surface area contributed by atoms with Crippen LogP contribution in [0.15, 0.2) is 121 Å². The number of carbonyl (C=O) groups excluding carboxylic acids is 4. The molecule has 0 aliphatic rings. The molecule has 0 aliphatic heterocycles. The summed E-state index contributed by atoms with van der Waals surface area (Å²) >= 11 is 0. The molecule has 57 heavy (non-hydrogen) atoms. The monoisotopic (exact) mass is 767 g/mol. The third-order valence-electron chi connectivity index (χ3n) is 8.93. The molecule has 10 nitrogen and oxygen atoms in total. The summed E-state index contributed by atoms with van der Waals surface area (Å²) in [6.45, 7) is 2.87. The Balaban J connectivity index is 1.03. The lowest BCUT2D eigenvalue weighted by Crippen LogP contribution is -2.12. The second-order valence-corrected chi connectivity index (χ2v) is 13.3. The summed E-state index contributed by atoms with van der Waals surface area (Å²) in [5.41, 5.74) is 1.35. The number of benzene rings is 5. The molecule has 0 unspecified atom stereocenters. The number of rotatable bonds is 20. The van der Waals surface area contributed by atoms with E-state index in [-0.39, 0.29) is 39.7 Å². The number of hydrogen-bond donors (Lipinski definition) is 0. The highest BCUT2D eigenvalue weighted by atomic mass is 16.5. The van der Waals surface area contributed by atoms with E-state index in [0.29, 0.717) is 23.5 Å². The summed E-state index contributed by atoms with van der Waals surface area (Å²) in [6.07, 6.45) is 12.6. The highest BCUT2D eigenvalue weighted by molar-refractivity contribution is 5.94. The Morgan fingerprint density at radius 1 is 0.439 bits per heavy atom. The quantitative estimate of drug-likeness (QED) is 0.0427. The van der Waals surface area contributed by atoms with Gasteiger partial charge < -0.3 is 23.7 Å². The maximum absolute atomic E-state index is 12.9. The predicted octanol–water partition coefficient (Wildman–Crippen LogP) is 10.7. The van der Waals surface area contributed by atoms with Gasteiger partial charge in [0.1, 0.15) is 28.7 Å². The van der Waals surface area contributed by atoms with E-state index in [1.807, 2.05) is 6.07 Å². The minimum atomic E-state index is -0.710. The van der Waals surface area contributed by atoms with Crippen molar-refractivity contribution < 1.29 is 42.9 Å². The number of nitrogens with zero attached hydrogens (tertiary/aromatic N) is 1. The number of unbranched alkanes of at least 4 members (excludes halogenated alkanes) is 9. The van der Waals surface area contributed by atoms with Gasteiger partial charge in [0, 0.05) is 0 Å². The molecule has 0 saturated carbocycles. The van der Waals surface area contributed by atoms with Crippen molar-refractivity contribution in [1.82, 2.24) is 0 Å². The van der Waals surface area contributed by atoms with Gasteiger partial charge in [0.05, 0.1) is 40.5 Å². The fraction of sp³-hybridized carbons (Fsp3) is 0.255. The normalized spacial score (nSPS) is 10.5. The third kappa shape index (κ3) is 13.5. The first-order chi connectivity index (χ1) is 27.8. The molecule has 292 valence electrons.